The molecule has 2 aliphatic carbocycles. The number of benzene rings is 2. The molecule has 2 aliphatic rings. The van der Waals surface area contributed by atoms with Crippen molar-refractivity contribution in [3.8, 4) is 22.5 Å². The van der Waals surface area contributed by atoms with Gasteiger partial charge in [-0.2, -0.15) is 0 Å². The number of furan rings is 1. The van der Waals surface area contributed by atoms with Gasteiger partial charge in [0.1, 0.15) is 17.1 Å². The van der Waals surface area contributed by atoms with Gasteiger partial charge in [-0.1, -0.05) is 75.0 Å². The third-order valence-corrected chi connectivity index (χ3v) is 11.9. The van der Waals surface area contributed by atoms with Gasteiger partial charge in [-0.15, -0.1) is 47.5 Å². The van der Waals surface area contributed by atoms with Gasteiger partial charge >= 0.3 is 0 Å². The SMILES string of the molecule is C[Si](C)(C)c1cnc(-c2[c-]cccc2)cc1C1CCCC1.Fc1ccc2c(c1)oc1n[c-]c(-c3cc(C4CCCCC4)ccn3)cc12.[Ir]. The van der Waals surface area contributed by atoms with Crippen LogP contribution in [0.3, 0.4) is 0 Å². The van der Waals surface area contributed by atoms with Crippen LogP contribution in [-0.4, -0.2) is 23.0 Å². The maximum atomic E-state index is 13.4. The Bertz CT molecular complexity index is 1990. The molecule has 0 amide bonds. The monoisotopic (exact) mass is 832 g/mol. The Morgan fingerprint density at radius 2 is 1.52 bits per heavy atom. The smallest absolute Gasteiger partial charge is 0.141 e. The third-order valence-electron chi connectivity index (χ3n) is 9.90. The summed E-state index contributed by atoms with van der Waals surface area (Å²) in [6.45, 7) is 7.28. The summed E-state index contributed by atoms with van der Waals surface area (Å²) in [5.74, 6) is 1.06. The Morgan fingerprint density at radius 3 is 2.27 bits per heavy atom. The molecule has 8 rings (SSSR count). The molecule has 7 heteroatoms. The number of halogens is 1. The van der Waals surface area contributed by atoms with Crippen molar-refractivity contribution in [2.45, 2.75) is 89.3 Å². The summed E-state index contributed by atoms with van der Waals surface area (Å²) in [5, 5.41) is 3.26. The molecule has 48 heavy (non-hydrogen) atoms. The van der Waals surface area contributed by atoms with Crippen LogP contribution in [0.15, 0.2) is 83.5 Å². The van der Waals surface area contributed by atoms with Gasteiger partial charge in [0.2, 0.25) is 0 Å². The molecule has 6 aromatic rings. The van der Waals surface area contributed by atoms with Crippen molar-refractivity contribution in [2.24, 2.45) is 0 Å². The first-order valence-electron chi connectivity index (χ1n) is 17.2. The number of rotatable bonds is 5. The molecule has 0 unspecified atom stereocenters. The summed E-state index contributed by atoms with van der Waals surface area (Å²) in [5.41, 5.74) is 7.80. The largest absolute Gasteiger partial charge is 0.482 e. The number of pyridine rings is 3. The Hall–Kier alpha value is -3.51. The average molecular weight is 832 g/mol. The first kappa shape index (κ1) is 34.4. The average Bonchev–Trinajstić information content (AvgIpc) is 3.77. The van der Waals surface area contributed by atoms with Crippen LogP contribution in [-0.2, 0) is 20.1 Å². The van der Waals surface area contributed by atoms with Crippen molar-refractivity contribution >= 4 is 35.3 Å². The fraction of sp³-hybridized carbons (Fsp3) is 0.341. The zero-order valence-corrected chi connectivity index (χ0v) is 31.4. The first-order valence-corrected chi connectivity index (χ1v) is 20.7. The number of aromatic nitrogens is 3. The van der Waals surface area contributed by atoms with Crippen LogP contribution in [0, 0.1) is 18.1 Å². The second-order valence-corrected chi connectivity index (χ2v) is 19.3. The van der Waals surface area contributed by atoms with E-state index in [0.717, 1.165) is 39.2 Å². The van der Waals surface area contributed by atoms with E-state index in [4.69, 9.17) is 9.40 Å². The van der Waals surface area contributed by atoms with Crippen molar-refractivity contribution in [1.82, 2.24) is 15.0 Å². The second-order valence-electron chi connectivity index (χ2n) is 14.2. The predicted octanol–water partition coefficient (Wildman–Crippen LogP) is 10.8. The predicted molar refractivity (Wildman–Crippen MR) is 192 cm³/mol. The van der Waals surface area contributed by atoms with E-state index in [2.05, 4.69) is 78.4 Å². The van der Waals surface area contributed by atoms with Crippen molar-refractivity contribution in [2.75, 3.05) is 0 Å². The van der Waals surface area contributed by atoms with E-state index >= 15 is 0 Å². The third kappa shape index (κ3) is 7.54. The Balaban J connectivity index is 0.000000168. The van der Waals surface area contributed by atoms with Gasteiger partial charge in [0.15, 0.2) is 0 Å². The number of hydrogen-bond acceptors (Lipinski definition) is 4. The van der Waals surface area contributed by atoms with Crippen LogP contribution in [0.25, 0.3) is 44.6 Å². The molecule has 4 aromatic heterocycles. The van der Waals surface area contributed by atoms with Gasteiger partial charge in [0.25, 0.3) is 0 Å². The van der Waals surface area contributed by atoms with E-state index in [1.165, 1.54) is 75.5 Å². The van der Waals surface area contributed by atoms with E-state index in [1.54, 1.807) is 16.8 Å². The molecule has 0 aliphatic heterocycles. The molecule has 0 bridgehead atoms. The van der Waals surface area contributed by atoms with Gasteiger partial charge < -0.3 is 19.4 Å². The molecule has 4 nitrogen and oxygen atoms in total. The molecule has 4 heterocycles. The summed E-state index contributed by atoms with van der Waals surface area (Å²) in [7, 11) is -1.34. The molecule has 2 fully saturated rings. The quantitative estimate of drug-likeness (QED) is 0.128. The van der Waals surface area contributed by atoms with Crippen LogP contribution >= 0.6 is 0 Å². The summed E-state index contributed by atoms with van der Waals surface area (Å²) >= 11 is 0. The minimum atomic E-state index is -1.34. The molecule has 2 aromatic carbocycles. The zero-order chi connectivity index (χ0) is 32.4. The summed E-state index contributed by atoms with van der Waals surface area (Å²) in [6.07, 6.45) is 19.0. The number of nitrogens with zero attached hydrogens (tertiary/aromatic N) is 3. The van der Waals surface area contributed by atoms with Crippen LogP contribution < -0.4 is 5.19 Å². The molecule has 0 atom stereocenters. The molecule has 0 saturated heterocycles. The van der Waals surface area contributed by atoms with E-state index in [1.807, 2.05) is 24.4 Å². The van der Waals surface area contributed by atoms with Gasteiger partial charge in [-0.25, -0.2) is 4.39 Å². The zero-order valence-electron chi connectivity index (χ0n) is 28.0. The molecular weight excluding hydrogens is 790 g/mol. The van der Waals surface area contributed by atoms with Crippen molar-refractivity contribution in [3.63, 3.8) is 0 Å². The molecule has 1 radical (unpaired) electrons. The van der Waals surface area contributed by atoms with E-state index in [9.17, 15) is 4.39 Å². The molecule has 0 spiro atoms. The maximum absolute atomic E-state index is 13.4. The number of hydrogen-bond donors (Lipinski definition) is 0. The Morgan fingerprint density at radius 1 is 0.771 bits per heavy atom. The van der Waals surface area contributed by atoms with Gasteiger partial charge in [0, 0.05) is 44.0 Å². The summed E-state index contributed by atoms with van der Waals surface area (Å²) in [4.78, 5) is 13.6. The Kier molecular flexibility index (Phi) is 10.7. The second kappa shape index (κ2) is 14.9. The van der Waals surface area contributed by atoms with Crippen LogP contribution in [0.2, 0.25) is 19.6 Å². The number of fused-ring (bicyclic) bond motifs is 3. The van der Waals surface area contributed by atoms with Crippen molar-refractivity contribution in [1.29, 1.82) is 0 Å². The van der Waals surface area contributed by atoms with Crippen LogP contribution in [0.1, 0.15) is 80.8 Å². The van der Waals surface area contributed by atoms with Gasteiger partial charge in [0.05, 0.1) is 8.07 Å². The summed E-state index contributed by atoms with van der Waals surface area (Å²) < 4.78 is 19.1. The van der Waals surface area contributed by atoms with Crippen molar-refractivity contribution in [3.05, 3.63) is 108 Å². The first-order chi connectivity index (χ1) is 22.8. The van der Waals surface area contributed by atoms with Crippen LogP contribution in [0.4, 0.5) is 4.39 Å². The normalized spacial score (nSPS) is 15.7. The minimum Gasteiger partial charge on any atom is -0.482 e. The molecule has 0 N–H and O–H groups in total. The fourth-order valence-electron chi connectivity index (χ4n) is 7.37. The molecular formula is C41H42FIrN3OSi-2. The van der Waals surface area contributed by atoms with E-state index in [0.29, 0.717) is 17.2 Å². The van der Waals surface area contributed by atoms with E-state index < -0.39 is 8.07 Å². The van der Waals surface area contributed by atoms with Crippen LogP contribution in [0.5, 0.6) is 0 Å². The topological polar surface area (TPSA) is 51.8 Å². The standard InChI is InChI=1S/C22H18FN2O.C19H24NSi.Ir/c23-17-6-7-18-19-10-16(13-25-22(19)26-21(18)12-17)20-11-15(8-9-24-20)14-4-2-1-3-5-14;1-21(2,3)19-14-20-18(16-11-5-4-6-12-16)13-17(19)15-9-7-8-10-15;/h6-12,14H,1-5H2;4-6,11,13-15H,7-10H2,1-3H3;/q2*-1;. The summed E-state index contributed by atoms with van der Waals surface area (Å²) in [6, 6.07) is 24.7. The molecule has 249 valence electrons. The van der Waals surface area contributed by atoms with Gasteiger partial charge in [-0.05, 0) is 83.9 Å². The fourth-order valence-corrected chi connectivity index (χ4v) is 8.97. The van der Waals surface area contributed by atoms with E-state index in [-0.39, 0.29) is 25.9 Å². The molecule has 2 saturated carbocycles. The Labute approximate surface area is 298 Å². The minimum absolute atomic E-state index is 0. The van der Waals surface area contributed by atoms with Gasteiger partial charge in [-0.3, -0.25) is 0 Å². The maximum Gasteiger partial charge on any atom is 0.141 e. The van der Waals surface area contributed by atoms with Crippen molar-refractivity contribution < 1.29 is 28.9 Å².